The zero-order valence-electron chi connectivity index (χ0n) is 23.8. The van der Waals surface area contributed by atoms with Crippen LogP contribution in [0.2, 0.25) is 0 Å². The van der Waals surface area contributed by atoms with E-state index in [-0.39, 0.29) is 28.5 Å². The van der Waals surface area contributed by atoms with Crippen LogP contribution in [0, 0.1) is 5.92 Å². The van der Waals surface area contributed by atoms with Crippen LogP contribution in [0.4, 0.5) is 35.0 Å². The number of nitrogens with one attached hydrogen (secondary N) is 2. The van der Waals surface area contributed by atoms with Crippen molar-refractivity contribution in [2.75, 3.05) is 29.1 Å². The molecule has 0 atom stereocenters. The summed E-state index contributed by atoms with van der Waals surface area (Å²) in [4.78, 5) is 39.8. The van der Waals surface area contributed by atoms with Crippen LogP contribution in [0.3, 0.4) is 0 Å². The smallest absolute Gasteiger partial charge is 0.418 e. The fourth-order valence-electron chi connectivity index (χ4n) is 4.08. The van der Waals surface area contributed by atoms with Gasteiger partial charge in [-0.2, -0.15) is 18.3 Å². The molecule has 0 unspecified atom stereocenters. The highest BCUT2D eigenvalue weighted by Gasteiger charge is 2.36. The van der Waals surface area contributed by atoms with Gasteiger partial charge in [0.15, 0.2) is 5.78 Å². The minimum Gasteiger partial charge on any atom is -0.444 e. The summed E-state index contributed by atoms with van der Waals surface area (Å²) in [5, 5.41) is 8.93. The van der Waals surface area contributed by atoms with Crippen LogP contribution < -0.4 is 15.5 Å². The van der Waals surface area contributed by atoms with E-state index < -0.39 is 41.5 Å². The van der Waals surface area contributed by atoms with Gasteiger partial charge in [-0.1, -0.05) is 26.0 Å². The maximum Gasteiger partial charge on any atom is 0.418 e. The summed E-state index contributed by atoms with van der Waals surface area (Å²) >= 11 is 0. The first-order valence-corrected chi connectivity index (χ1v) is 12.9. The number of amides is 2. The quantitative estimate of drug-likeness (QED) is 0.222. The molecular formula is C29H34F3N5O4. The molecule has 41 heavy (non-hydrogen) atoms. The highest BCUT2D eigenvalue weighted by Crippen LogP contribution is 2.41. The Labute approximate surface area is 236 Å². The molecule has 1 aromatic heterocycles. The van der Waals surface area contributed by atoms with E-state index in [0.29, 0.717) is 12.2 Å². The molecule has 0 aliphatic rings. The molecular weight excluding hydrogens is 539 g/mol. The SMILES string of the molecule is CC(C)CN(C)c1cc(NC(=O)OC(C)(C)C)c(NC(=O)CC(=O)c2cccc(-n3cccn3)c2)cc1C(F)(F)F. The van der Waals surface area contributed by atoms with Crippen LogP contribution in [0.15, 0.2) is 54.9 Å². The van der Waals surface area contributed by atoms with Gasteiger partial charge >= 0.3 is 12.3 Å². The average molecular weight is 574 g/mol. The van der Waals surface area contributed by atoms with Crippen LogP contribution in [0.25, 0.3) is 5.69 Å². The molecule has 0 spiro atoms. The van der Waals surface area contributed by atoms with Crippen molar-refractivity contribution in [1.29, 1.82) is 0 Å². The molecule has 1 heterocycles. The molecule has 9 nitrogen and oxygen atoms in total. The van der Waals surface area contributed by atoms with E-state index in [1.54, 1.807) is 62.1 Å². The number of anilines is 3. The molecule has 0 saturated heterocycles. The van der Waals surface area contributed by atoms with Gasteiger partial charge in [0.2, 0.25) is 5.91 Å². The van der Waals surface area contributed by atoms with Crippen molar-refractivity contribution in [2.24, 2.45) is 5.92 Å². The maximum absolute atomic E-state index is 14.2. The van der Waals surface area contributed by atoms with Gasteiger partial charge in [-0.25, -0.2) is 9.48 Å². The van der Waals surface area contributed by atoms with Gasteiger partial charge < -0.3 is 15.0 Å². The first-order valence-electron chi connectivity index (χ1n) is 12.9. The van der Waals surface area contributed by atoms with Crippen molar-refractivity contribution in [1.82, 2.24) is 9.78 Å². The zero-order valence-corrected chi connectivity index (χ0v) is 23.8. The number of aromatic nitrogens is 2. The van der Waals surface area contributed by atoms with Gasteiger partial charge in [-0.3, -0.25) is 14.9 Å². The molecule has 0 aliphatic carbocycles. The van der Waals surface area contributed by atoms with Crippen molar-refractivity contribution < 1.29 is 32.3 Å². The number of halogens is 3. The van der Waals surface area contributed by atoms with Crippen molar-refractivity contribution in [3.63, 3.8) is 0 Å². The average Bonchev–Trinajstić information content (AvgIpc) is 3.37. The molecule has 0 radical (unpaired) electrons. The summed E-state index contributed by atoms with van der Waals surface area (Å²) < 4.78 is 49.3. The molecule has 2 aromatic carbocycles. The number of alkyl halides is 3. The van der Waals surface area contributed by atoms with Crippen LogP contribution in [-0.2, 0) is 15.7 Å². The summed E-state index contributed by atoms with van der Waals surface area (Å²) in [6, 6.07) is 10.0. The predicted octanol–water partition coefficient (Wildman–Crippen LogP) is 6.54. The van der Waals surface area contributed by atoms with Crippen molar-refractivity contribution in [2.45, 2.75) is 52.8 Å². The van der Waals surface area contributed by atoms with Gasteiger partial charge in [0.1, 0.15) is 5.60 Å². The van der Waals surface area contributed by atoms with Gasteiger partial charge in [-0.05, 0) is 57.0 Å². The van der Waals surface area contributed by atoms with Crippen molar-refractivity contribution in [3.05, 3.63) is 66.0 Å². The highest BCUT2D eigenvalue weighted by atomic mass is 19.4. The molecule has 0 saturated carbocycles. The molecule has 0 fully saturated rings. The highest BCUT2D eigenvalue weighted by molar-refractivity contribution is 6.12. The molecule has 0 aliphatic heterocycles. The lowest BCUT2D eigenvalue weighted by atomic mass is 10.1. The minimum absolute atomic E-state index is 0.0422. The molecule has 0 bridgehead atoms. The Morgan fingerprint density at radius 3 is 2.29 bits per heavy atom. The van der Waals surface area contributed by atoms with Gasteiger partial charge in [0.25, 0.3) is 0 Å². The third kappa shape index (κ3) is 8.82. The second-order valence-electron chi connectivity index (χ2n) is 11.0. The lowest BCUT2D eigenvalue weighted by molar-refractivity contribution is -0.137. The van der Waals surface area contributed by atoms with Gasteiger partial charge in [-0.15, -0.1) is 0 Å². The largest absolute Gasteiger partial charge is 0.444 e. The first kappa shape index (κ1) is 31.2. The van der Waals surface area contributed by atoms with E-state index in [2.05, 4.69) is 15.7 Å². The first-order chi connectivity index (χ1) is 19.0. The van der Waals surface area contributed by atoms with Gasteiger partial charge in [0.05, 0.1) is 34.7 Å². The number of ketones is 1. The number of benzene rings is 2. The summed E-state index contributed by atoms with van der Waals surface area (Å²) in [7, 11) is 1.51. The second kappa shape index (κ2) is 12.4. The number of ether oxygens (including phenoxy) is 1. The van der Waals surface area contributed by atoms with E-state index >= 15 is 0 Å². The van der Waals surface area contributed by atoms with Crippen molar-refractivity contribution >= 4 is 34.8 Å². The zero-order chi connectivity index (χ0) is 30.5. The van der Waals surface area contributed by atoms with Gasteiger partial charge in [0, 0.05) is 31.5 Å². The number of hydrogen-bond acceptors (Lipinski definition) is 6. The molecule has 3 rings (SSSR count). The summed E-state index contributed by atoms with van der Waals surface area (Å²) in [5.74, 6) is -1.37. The Morgan fingerprint density at radius 1 is 1.02 bits per heavy atom. The molecule has 2 N–H and O–H groups in total. The number of carbonyl (C=O) groups excluding carboxylic acids is 3. The Morgan fingerprint density at radius 2 is 1.71 bits per heavy atom. The Hall–Kier alpha value is -4.35. The fourth-order valence-corrected chi connectivity index (χ4v) is 4.08. The van der Waals surface area contributed by atoms with Crippen LogP contribution in [0.5, 0.6) is 0 Å². The summed E-state index contributed by atoms with van der Waals surface area (Å²) in [5.41, 5.74) is -1.70. The van der Waals surface area contributed by atoms with Crippen LogP contribution in [0.1, 0.15) is 57.0 Å². The summed E-state index contributed by atoms with van der Waals surface area (Å²) in [6.07, 6.45) is -3.07. The minimum atomic E-state index is -4.77. The standard InChI is InChI=1S/C29H34F3N5O4/c1-18(2)17-36(6)24-15-23(35-27(40)41-28(3,4)5)22(14-21(24)29(30,31)32)34-26(39)16-25(38)19-9-7-10-20(13-19)37-12-8-11-33-37/h7-15,18H,16-17H2,1-6H3,(H,34,39)(H,35,40). The topological polar surface area (TPSA) is 106 Å². The molecule has 2 amide bonds. The lowest BCUT2D eigenvalue weighted by Gasteiger charge is -2.27. The van der Waals surface area contributed by atoms with E-state index in [4.69, 9.17) is 4.74 Å². The van der Waals surface area contributed by atoms with E-state index in [9.17, 15) is 27.6 Å². The van der Waals surface area contributed by atoms with Crippen LogP contribution >= 0.6 is 0 Å². The Kier molecular flexibility index (Phi) is 9.46. The van der Waals surface area contributed by atoms with E-state index in [1.165, 1.54) is 18.0 Å². The number of carbonyl (C=O) groups is 3. The number of nitrogens with zero attached hydrogens (tertiary/aromatic N) is 3. The lowest BCUT2D eigenvalue weighted by Crippen LogP contribution is -2.29. The number of hydrogen-bond donors (Lipinski definition) is 2. The Bertz CT molecular complexity index is 1400. The maximum atomic E-state index is 14.2. The predicted molar refractivity (Wildman–Crippen MR) is 151 cm³/mol. The molecule has 220 valence electrons. The fraction of sp³-hybridized carbons (Fsp3) is 0.379. The second-order valence-corrected chi connectivity index (χ2v) is 11.0. The Balaban J connectivity index is 1.94. The van der Waals surface area contributed by atoms with E-state index in [1.807, 2.05) is 13.8 Å². The molecule has 3 aromatic rings. The summed E-state index contributed by atoms with van der Waals surface area (Å²) in [6.45, 7) is 8.93. The monoisotopic (exact) mass is 573 g/mol. The number of rotatable bonds is 9. The van der Waals surface area contributed by atoms with Crippen LogP contribution in [-0.4, -0.2) is 46.8 Å². The molecule has 12 heteroatoms. The third-order valence-corrected chi connectivity index (χ3v) is 5.66. The number of Topliss-reactive ketones (excluding diaryl/α,β-unsaturated/α-hetero) is 1. The van der Waals surface area contributed by atoms with Crippen molar-refractivity contribution in [3.8, 4) is 5.69 Å². The third-order valence-electron chi connectivity index (χ3n) is 5.66. The normalized spacial score (nSPS) is 11.8. The van der Waals surface area contributed by atoms with E-state index in [0.717, 1.165) is 12.1 Å².